The molecule has 2 heteroatoms. The van der Waals surface area contributed by atoms with E-state index >= 15 is 0 Å². The molecule has 1 fully saturated rings. The topological polar surface area (TPSA) is 21.8 Å². The van der Waals surface area contributed by atoms with Crippen LogP contribution in [0.2, 0.25) is 0 Å². The predicted octanol–water partition coefficient (Wildman–Crippen LogP) is 5.88. The quantitative estimate of drug-likeness (QED) is 0.247. The number of unbranched alkanes of at least 4 members (excludes halogenated alkanes) is 11. The Kier molecular flexibility index (Phi) is 13.4. The summed E-state index contributed by atoms with van der Waals surface area (Å²) in [6.45, 7) is 5.23. The zero-order valence-electron chi connectivity index (χ0n) is 14.4. The first-order valence-corrected chi connectivity index (χ1v) is 9.63. The van der Waals surface area contributed by atoms with Crippen molar-refractivity contribution in [3.63, 3.8) is 0 Å². The first-order valence-electron chi connectivity index (χ1n) is 9.63. The van der Waals surface area contributed by atoms with E-state index in [1.807, 2.05) is 0 Å². The molecule has 0 bridgehead atoms. The molecule has 1 unspecified atom stereocenters. The first-order chi connectivity index (χ1) is 10.4. The molecule has 1 aliphatic heterocycles. The Hall–Kier alpha value is -0.0800. The Balaban J connectivity index is 1.59. The van der Waals surface area contributed by atoms with Gasteiger partial charge in [-0.25, -0.2) is 0 Å². The van der Waals surface area contributed by atoms with E-state index < -0.39 is 0 Å². The van der Waals surface area contributed by atoms with Crippen LogP contribution >= 0.6 is 0 Å². The molecule has 1 rings (SSSR count). The van der Waals surface area contributed by atoms with Crippen LogP contribution in [-0.2, 0) is 9.47 Å². The molecule has 0 aromatic heterocycles. The molecule has 0 amide bonds. The number of hydrogen-bond donors (Lipinski definition) is 0. The first kappa shape index (κ1) is 19.0. The molecule has 0 aliphatic carbocycles. The summed E-state index contributed by atoms with van der Waals surface area (Å²) in [7, 11) is 0. The molecule has 1 aliphatic rings. The Labute approximate surface area is 133 Å². The third-order valence-electron chi connectivity index (χ3n) is 4.36. The molecule has 0 aromatic rings. The molecule has 0 saturated carbocycles. The average molecular weight is 299 g/mol. The number of ether oxygens (including phenoxy) is 2. The van der Waals surface area contributed by atoms with Gasteiger partial charge in [-0.15, -0.1) is 0 Å². The number of epoxide rings is 1. The van der Waals surface area contributed by atoms with E-state index in [1.165, 1.54) is 89.9 Å². The van der Waals surface area contributed by atoms with Crippen molar-refractivity contribution in [1.82, 2.24) is 0 Å². The van der Waals surface area contributed by atoms with Gasteiger partial charge in [-0.1, -0.05) is 77.6 Å². The van der Waals surface area contributed by atoms with Gasteiger partial charge < -0.3 is 9.47 Å². The van der Waals surface area contributed by atoms with Crippen LogP contribution in [0.25, 0.3) is 0 Å². The standard InChI is InChI=1S/C19H38O2/c1-2-3-4-5-6-7-8-9-10-13-16-20-17-14-11-12-15-19-18-21-19/h19H,2-18H2,1H3. The van der Waals surface area contributed by atoms with Crippen LogP contribution in [-0.4, -0.2) is 25.9 Å². The Bertz CT molecular complexity index is 202. The van der Waals surface area contributed by atoms with Crippen LogP contribution in [0, 0.1) is 0 Å². The zero-order chi connectivity index (χ0) is 15.0. The lowest BCUT2D eigenvalue weighted by atomic mass is 10.1. The largest absolute Gasteiger partial charge is 0.381 e. The highest BCUT2D eigenvalue weighted by molar-refractivity contribution is 4.68. The second-order valence-electron chi connectivity index (χ2n) is 6.60. The van der Waals surface area contributed by atoms with E-state index in [1.54, 1.807) is 0 Å². The fraction of sp³-hybridized carbons (Fsp3) is 1.00. The highest BCUT2D eigenvalue weighted by Gasteiger charge is 2.20. The fourth-order valence-electron chi connectivity index (χ4n) is 2.78. The molecule has 2 nitrogen and oxygen atoms in total. The summed E-state index contributed by atoms with van der Waals surface area (Å²) in [6.07, 6.45) is 19.7. The number of hydrogen-bond acceptors (Lipinski definition) is 2. The zero-order valence-corrected chi connectivity index (χ0v) is 14.4. The monoisotopic (exact) mass is 298 g/mol. The van der Waals surface area contributed by atoms with Crippen LogP contribution in [0.15, 0.2) is 0 Å². The van der Waals surface area contributed by atoms with Crippen LogP contribution in [0.4, 0.5) is 0 Å². The number of rotatable bonds is 17. The molecular weight excluding hydrogens is 260 g/mol. The Morgan fingerprint density at radius 3 is 1.71 bits per heavy atom. The lowest BCUT2D eigenvalue weighted by molar-refractivity contribution is 0.125. The summed E-state index contributed by atoms with van der Waals surface area (Å²) in [5.74, 6) is 0. The summed E-state index contributed by atoms with van der Waals surface area (Å²) in [4.78, 5) is 0. The van der Waals surface area contributed by atoms with Crippen molar-refractivity contribution in [2.75, 3.05) is 19.8 Å². The van der Waals surface area contributed by atoms with Crippen molar-refractivity contribution in [2.45, 2.75) is 103 Å². The van der Waals surface area contributed by atoms with Gasteiger partial charge in [0.25, 0.3) is 0 Å². The molecule has 0 spiro atoms. The van der Waals surface area contributed by atoms with E-state index in [0.29, 0.717) is 6.10 Å². The van der Waals surface area contributed by atoms with E-state index in [0.717, 1.165) is 19.8 Å². The van der Waals surface area contributed by atoms with Gasteiger partial charge >= 0.3 is 0 Å². The van der Waals surface area contributed by atoms with E-state index in [4.69, 9.17) is 9.47 Å². The highest BCUT2D eigenvalue weighted by Crippen LogP contribution is 2.17. The molecular formula is C19H38O2. The third-order valence-corrected chi connectivity index (χ3v) is 4.36. The van der Waals surface area contributed by atoms with Crippen molar-refractivity contribution in [2.24, 2.45) is 0 Å². The van der Waals surface area contributed by atoms with Crippen LogP contribution in [0.5, 0.6) is 0 Å². The van der Waals surface area contributed by atoms with E-state index in [-0.39, 0.29) is 0 Å². The van der Waals surface area contributed by atoms with Gasteiger partial charge in [0.2, 0.25) is 0 Å². The normalized spacial score (nSPS) is 17.3. The second-order valence-corrected chi connectivity index (χ2v) is 6.60. The predicted molar refractivity (Wildman–Crippen MR) is 90.9 cm³/mol. The molecule has 1 saturated heterocycles. The lowest BCUT2D eigenvalue weighted by Crippen LogP contribution is -1.97. The Morgan fingerprint density at radius 1 is 0.714 bits per heavy atom. The molecule has 126 valence electrons. The van der Waals surface area contributed by atoms with Gasteiger partial charge in [0.1, 0.15) is 0 Å². The van der Waals surface area contributed by atoms with Gasteiger partial charge in [0.05, 0.1) is 12.7 Å². The minimum Gasteiger partial charge on any atom is -0.381 e. The SMILES string of the molecule is CCCCCCCCCCCCOCCCCCC1CO1. The lowest BCUT2D eigenvalue weighted by Gasteiger charge is -2.04. The van der Waals surface area contributed by atoms with Crippen molar-refractivity contribution in [1.29, 1.82) is 0 Å². The van der Waals surface area contributed by atoms with E-state index in [9.17, 15) is 0 Å². The van der Waals surface area contributed by atoms with Crippen LogP contribution in [0.3, 0.4) is 0 Å². The fourth-order valence-corrected chi connectivity index (χ4v) is 2.78. The maximum absolute atomic E-state index is 5.70. The summed E-state index contributed by atoms with van der Waals surface area (Å²) in [6, 6.07) is 0. The minimum atomic E-state index is 0.609. The maximum atomic E-state index is 5.70. The van der Waals surface area contributed by atoms with Gasteiger partial charge in [-0.3, -0.25) is 0 Å². The van der Waals surface area contributed by atoms with Crippen molar-refractivity contribution >= 4 is 0 Å². The van der Waals surface area contributed by atoms with Gasteiger partial charge in [0.15, 0.2) is 0 Å². The van der Waals surface area contributed by atoms with Gasteiger partial charge in [-0.05, 0) is 19.3 Å². The van der Waals surface area contributed by atoms with Crippen molar-refractivity contribution < 1.29 is 9.47 Å². The van der Waals surface area contributed by atoms with Gasteiger partial charge in [-0.2, -0.15) is 0 Å². The molecule has 0 radical (unpaired) electrons. The molecule has 0 N–H and O–H groups in total. The summed E-state index contributed by atoms with van der Waals surface area (Å²) < 4.78 is 10.9. The van der Waals surface area contributed by atoms with Crippen molar-refractivity contribution in [3.8, 4) is 0 Å². The minimum absolute atomic E-state index is 0.609. The molecule has 1 atom stereocenters. The maximum Gasteiger partial charge on any atom is 0.0810 e. The van der Waals surface area contributed by atoms with Crippen LogP contribution in [0.1, 0.15) is 96.8 Å². The molecule has 1 heterocycles. The molecule has 0 aromatic carbocycles. The third kappa shape index (κ3) is 14.6. The smallest absolute Gasteiger partial charge is 0.0810 e. The second kappa shape index (κ2) is 14.8. The van der Waals surface area contributed by atoms with Crippen LogP contribution < -0.4 is 0 Å². The summed E-state index contributed by atoms with van der Waals surface area (Å²) in [5.41, 5.74) is 0. The van der Waals surface area contributed by atoms with Crippen molar-refractivity contribution in [3.05, 3.63) is 0 Å². The highest BCUT2D eigenvalue weighted by atomic mass is 16.6. The van der Waals surface area contributed by atoms with E-state index in [2.05, 4.69) is 6.92 Å². The van der Waals surface area contributed by atoms with Gasteiger partial charge in [0, 0.05) is 13.2 Å². The molecule has 21 heavy (non-hydrogen) atoms. The Morgan fingerprint density at radius 2 is 1.19 bits per heavy atom. The summed E-state index contributed by atoms with van der Waals surface area (Å²) >= 11 is 0. The average Bonchev–Trinajstić information content (AvgIpc) is 3.31. The summed E-state index contributed by atoms with van der Waals surface area (Å²) in [5, 5.41) is 0.